The predicted octanol–water partition coefficient (Wildman–Crippen LogP) is 5.97. The number of allylic oxidation sites excluding steroid dienone is 1. The van der Waals surface area contributed by atoms with Gasteiger partial charge in [0.2, 0.25) is 0 Å². The molecule has 1 aliphatic rings. The van der Waals surface area contributed by atoms with E-state index in [4.69, 9.17) is 0 Å². The molecule has 1 atom stereocenters. The van der Waals surface area contributed by atoms with Crippen molar-refractivity contribution in [2.24, 2.45) is 11.8 Å². The molecule has 1 N–H and O–H groups in total. The highest BCUT2D eigenvalue weighted by Crippen LogP contribution is 2.33. The second-order valence-electron chi connectivity index (χ2n) is 8.90. The van der Waals surface area contributed by atoms with Crippen LogP contribution in [-0.4, -0.2) is 27.7 Å². The van der Waals surface area contributed by atoms with E-state index in [0.29, 0.717) is 11.5 Å². The van der Waals surface area contributed by atoms with Crippen molar-refractivity contribution < 1.29 is 4.39 Å². The van der Waals surface area contributed by atoms with Crippen molar-refractivity contribution in [2.45, 2.75) is 53.4 Å². The molecule has 0 radical (unpaired) electrons. The van der Waals surface area contributed by atoms with Crippen molar-refractivity contribution >= 4 is 11.7 Å². The van der Waals surface area contributed by atoms with Crippen molar-refractivity contribution in [1.29, 1.82) is 0 Å². The molecular weight excluding hydrogens is 411 g/mol. The average molecular weight is 445 g/mol. The van der Waals surface area contributed by atoms with Gasteiger partial charge in [-0.05, 0) is 81.9 Å². The van der Waals surface area contributed by atoms with E-state index < -0.39 is 0 Å². The van der Waals surface area contributed by atoms with E-state index in [9.17, 15) is 0 Å². The number of piperidine rings is 1. The summed E-state index contributed by atoms with van der Waals surface area (Å²) in [5.41, 5.74) is 6.07. The Hall–Kier alpha value is -2.97. The van der Waals surface area contributed by atoms with E-state index >= 15 is 4.39 Å². The lowest BCUT2D eigenvalue weighted by atomic mass is 9.80. The number of nitrogens with zero attached hydrogens (tertiary/aromatic N) is 3. The minimum absolute atomic E-state index is 0.167. The van der Waals surface area contributed by atoms with E-state index in [-0.39, 0.29) is 11.7 Å². The molecule has 4 nitrogen and oxygen atoms in total. The summed E-state index contributed by atoms with van der Waals surface area (Å²) in [7, 11) is 0. The minimum Gasteiger partial charge on any atom is -0.317 e. The summed E-state index contributed by atoms with van der Waals surface area (Å²) in [6.45, 7) is 10.2. The Morgan fingerprint density at radius 3 is 2.73 bits per heavy atom. The van der Waals surface area contributed by atoms with Crippen molar-refractivity contribution in [1.82, 2.24) is 19.9 Å². The van der Waals surface area contributed by atoms with Gasteiger partial charge < -0.3 is 5.32 Å². The van der Waals surface area contributed by atoms with Crippen LogP contribution in [0.15, 0.2) is 36.0 Å². The van der Waals surface area contributed by atoms with Crippen LogP contribution in [0.2, 0.25) is 0 Å². The van der Waals surface area contributed by atoms with E-state index in [1.807, 2.05) is 38.2 Å². The van der Waals surface area contributed by atoms with E-state index in [1.165, 1.54) is 5.57 Å². The molecule has 0 amide bonds. The van der Waals surface area contributed by atoms with Crippen molar-refractivity contribution in [2.75, 3.05) is 13.1 Å². The van der Waals surface area contributed by atoms with Gasteiger partial charge in [0, 0.05) is 23.5 Å². The number of halogens is 1. The fourth-order valence-corrected chi connectivity index (χ4v) is 4.71. The number of fused-ring (bicyclic) bond motifs is 1. The van der Waals surface area contributed by atoms with Gasteiger partial charge in [-0.3, -0.25) is 0 Å². The first-order valence-corrected chi connectivity index (χ1v) is 12.0. The highest BCUT2D eigenvalue weighted by Gasteiger charge is 2.23. The number of nitrogens with one attached hydrogen (secondary N) is 1. The molecular formula is C28H33FN4. The van der Waals surface area contributed by atoms with Gasteiger partial charge in [0.15, 0.2) is 5.65 Å². The summed E-state index contributed by atoms with van der Waals surface area (Å²) < 4.78 is 17.3. The Kier molecular flexibility index (Phi) is 7.25. The van der Waals surface area contributed by atoms with Crippen LogP contribution >= 0.6 is 0 Å². The number of rotatable bonds is 5. The van der Waals surface area contributed by atoms with Crippen LogP contribution in [0.3, 0.4) is 0 Å². The predicted molar refractivity (Wildman–Crippen MR) is 133 cm³/mol. The summed E-state index contributed by atoms with van der Waals surface area (Å²) in [5, 5.41) is 8.08. The molecule has 2 aromatic heterocycles. The van der Waals surface area contributed by atoms with Gasteiger partial charge in [0.25, 0.3) is 0 Å². The summed E-state index contributed by atoms with van der Waals surface area (Å²) in [6.07, 6.45) is 7.90. The lowest BCUT2D eigenvalue weighted by Crippen LogP contribution is -2.30. The maximum absolute atomic E-state index is 15.5. The second kappa shape index (κ2) is 10.3. The van der Waals surface area contributed by atoms with Gasteiger partial charge in [0.1, 0.15) is 5.82 Å². The zero-order valence-electron chi connectivity index (χ0n) is 20.1. The number of imidazole rings is 1. The zero-order valence-corrected chi connectivity index (χ0v) is 20.1. The maximum Gasteiger partial charge on any atom is 0.153 e. The Balaban J connectivity index is 1.75. The van der Waals surface area contributed by atoms with Crippen molar-refractivity contribution in [3.8, 4) is 23.1 Å². The summed E-state index contributed by atoms with van der Waals surface area (Å²) in [5.74, 6) is 7.11. The first kappa shape index (κ1) is 23.2. The minimum atomic E-state index is -0.210. The number of hydrogen-bond donors (Lipinski definition) is 1. The molecule has 4 rings (SSSR count). The molecule has 3 aromatic rings. The smallest absolute Gasteiger partial charge is 0.153 e. The van der Waals surface area contributed by atoms with Crippen LogP contribution in [0.25, 0.3) is 23.0 Å². The van der Waals surface area contributed by atoms with Crippen molar-refractivity contribution in [3.05, 3.63) is 58.7 Å². The first-order chi connectivity index (χ1) is 16.0. The van der Waals surface area contributed by atoms with Crippen LogP contribution in [0, 0.1) is 43.3 Å². The first-order valence-electron chi connectivity index (χ1n) is 12.0. The van der Waals surface area contributed by atoms with Gasteiger partial charge in [0.05, 0.1) is 17.6 Å². The van der Waals surface area contributed by atoms with Gasteiger partial charge in [-0.2, -0.15) is 5.10 Å². The fourth-order valence-electron chi connectivity index (χ4n) is 4.71. The summed E-state index contributed by atoms with van der Waals surface area (Å²) >= 11 is 0. The van der Waals surface area contributed by atoms with Crippen LogP contribution in [0.4, 0.5) is 4.39 Å². The molecule has 0 saturated carbocycles. The summed E-state index contributed by atoms with van der Waals surface area (Å²) in [4.78, 5) is 4.42. The zero-order chi connectivity index (χ0) is 23.4. The van der Waals surface area contributed by atoms with E-state index in [2.05, 4.69) is 47.2 Å². The lowest BCUT2D eigenvalue weighted by Gasteiger charge is -2.28. The Morgan fingerprint density at radius 2 is 2.03 bits per heavy atom. The Labute approximate surface area is 196 Å². The van der Waals surface area contributed by atoms with E-state index in [0.717, 1.165) is 66.9 Å². The topological polar surface area (TPSA) is 42.2 Å². The highest BCUT2D eigenvalue weighted by molar-refractivity contribution is 5.67. The number of aryl methyl sites for hydroxylation is 2. The van der Waals surface area contributed by atoms with Crippen LogP contribution < -0.4 is 5.32 Å². The molecule has 0 spiro atoms. The highest BCUT2D eigenvalue weighted by atomic mass is 19.1. The molecule has 1 aromatic carbocycles. The van der Waals surface area contributed by atoms with Gasteiger partial charge in [-0.1, -0.05) is 31.4 Å². The number of aromatic nitrogens is 3. The van der Waals surface area contributed by atoms with Crippen LogP contribution in [0.1, 0.15) is 56.4 Å². The molecule has 1 aliphatic heterocycles. The monoisotopic (exact) mass is 444 g/mol. The molecule has 0 aliphatic carbocycles. The standard InChI is InChI=1S/C28H33FN4/c1-5-7-8-21(6-2)25(22-11-13-30-14-12-22)17-24-19(3)15-23(16-26(24)29)27-9-10-28-31-20(4)18-33(28)32-27/h9-10,15-18,21-22,30H,5-6,11-14H2,1-4H3/b25-17+. The molecule has 0 bridgehead atoms. The van der Waals surface area contributed by atoms with E-state index in [1.54, 1.807) is 10.6 Å². The van der Waals surface area contributed by atoms with Gasteiger partial charge in [-0.25, -0.2) is 13.9 Å². The molecule has 33 heavy (non-hydrogen) atoms. The Morgan fingerprint density at radius 1 is 1.24 bits per heavy atom. The van der Waals surface area contributed by atoms with Crippen LogP contribution in [-0.2, 0) is 0 Å². The van der Waals surface area contributed by atoms with Crippen molar-refractivity contribution in [3.63, 3.8) is 0 Å². The maximum atomic E-state index is 15.5. The molecule has 1 unspecified atom stereocenters. The number of hydrogen-bond acceptors (Lipinski definition) is 3. The third-order valence-electron chi connectivity index (χ3n) is 6.46. The van der Waals surface area contributed by atoms with Gasteiger partial charge >= 0.3 is 0 Å². The Bertz CT molecular complexity index is 1200. The average Bonchev–Trinajstić information content (AvgIpc) is 3.20. The number of benzene rings is 1. The second-order valence-corrected chi connectivity index (χ2v) is 8.90. The molecule has 5 heteroatoms. The molecule has 1 saturated heterocycles. The normalized spacial score (nSPS) is 16.0. The fraction of sp³-hybridized carbons (Fsp3) is 0.429. The molecule has 172 valence electrons. The molecule has 3 heterocycles. The lowest BCUT2D eigenvalue weighted by molar-refractivity contribution is 0.400. The molecule has 1 fully saturated rings. The van der Waals surface area contributed by atoms with Gasteiger partial charge in [-0.15, -0.1) is 5.92 Å². The third kappa shape index (κ3) is 5.17. The summed E-state index contributed by atoms with van der Waals surface area (Å²) in [6, 6.07) is 7.46. The van der Waals surface area contributed by atoms with Crippen LogP contribution in [0.5, 0.6) is 0 Å². The SMILES string of the molecule is CCC#CC(CC)/C(=C\c1c(C)cc(-c2ccc3nc(C)cn3n2)cc1F)C1CCNCC1. The largest absolute Gasteiger partial charge is 0.317 e. The quantitative estimate of drug-likeness (QED) is 0.493. The third-order valence-corrected chi connectivity index (χ3v) is 6.46.